The summed E-state index contributed by atoms with van der Waals surface area (Å²) in [4.78, 5) is 2.44. The monoisotopic (exact) mass is 234 g/mol. The van der Waals surface area contributed by atoms with E-state index < -0.39 is 0 Å². The van der Waals surface area contributed by atoms with E-state index in [1.165, 1.54) is 37.1 Å². The molecular weight excluding hydrogens is 212 g/mol. The molecule has 2 fully saturated rings. The normalized spacial score (nSPS) is 30.0. The Hall–Kier alpha value is -0.800. The number of hydrogen-bond acceptors (Lipinski definition) is 3. The first kappa shape index (κ1) is 11.3. The van der Waals surface area contributed by atoms with Crippen molar-refractivity contribution in [1.29, 1.82) is 0 Å². The van der Waals surface area contributed by atoms with Gasteiger partial charge in [0.05, 0.1) is 12.3 Å². The van der Waals surface area contributed by atoms with Crippen LogP contribution in [0.4, 0.5) is 0 Å². The van der Waals surface area contributed by atoms with Crippen LogP contribution >= 0.6 is 0 Å². The van der Waals surface area contributed by atoms with Crippen LogP contribution in [0.5, 0.6) is 0 Å². The van der Waals surface area contributed by atoms with Gasteiger partial charge >= 0.3 is 0 Å². The fourth-order valence-corrected chi connectivity index (χ4v) is 2.95. The second-order valence-electron chi connectivity index (χ2n) is 5.62. The van der Waals surface area contributed by atoms with Crippen molar-refractivity contribution in [3.8, 4) is 0 Å². The minimum absolute atomic E-state index is 0.469. The van der Waals surface area contributed by atoms with Gasteiger partial charge in [-0.1, -0.05) is 0 Å². The van der Waals surface area contributed by atoms with Crippen LogP contribution < -0.4 is 5.32 Å². The molecule has 0 spiro atoms. The van der Waals surface area contributed by atoms with Gasteiger partial charge in [-0.15, -0.1) is 0 Å². The van der Waals surface area contributed by atoms with E-state index >= 15 is 0 Å². The van der Waals surface area contributed by atoms with Gasteiger partial charge in [0.1, 0.15) is 5.76 Å². The molecule has 1 N–H and O–H groups in total. The predicted molar refractivity (Wildman–Crippen MR) is 67.9 cm³/mol. The fraction of sp³-hybridized carbons (Fsp3) is 0.714. The Balaban J connectivity index is 1.71. The summed E-state index contributed by atoms with van der Waals surface area (Å²) < 4.78 is 5.70. The molecule has 3 rings (SSSR count). The first-order valence-corrected chi connectivity index (χ1v) is 6.73. The molecule has 0 radical (unpaired) electrons. The maximum absolute atomic E-state index is 5.70. The maximum Gasteiger partial charge on any atom is 0.124 e. The maximum atomic E-state index is 5.70. The number of hydrogen-bond donors (Lipinski definition) is 1. The Kier molecular flexibility index (Phi) is 2.97. The highest BCUT2D eigenvalue weighted by Gasteiger charge is 2.36. The zero-order chi connectivity index (χ0) is 11.8. The van der Waals surface area contributed by atoms with E-state index in [0.29, 0.717) is 12.0 Å². The van der Waals surface area contributed by atoms with Crippen molar-refractivity contribution < 1.29 is 4.42 Å². The Morgan fingerprint density at radius 1 is 1.41 bits per heavy atom. The van der Waals surface area contributed by atoms with E-state index in [9.17, 15) is 0 Å². The minimum Gasteiger partial charge on any atom is -0.467 e. The Morgan fingerprint density at radius 3 is 2.88 bits per heavy atom. The van der Waals surface area contributed by atoms with E-state index in [1.54, 1.807) is 0 Å². The van der Waals surface area contributed by atoms with Crippen LogP contribution in [-0.4, -0.2) is 31.1 Å². The molecule has 0 aromatic carbocycles. The zero-order valence-electron chi connectivity index (χ0n) is 10.8. The molecule has 2 heterocycles. The summed E-state index contributed by atoms with van der Waals surface area (Å²) in [5, 5.41) is 3.66. The van der Waals surface area contributed by atoms with Crippen molar-refractivity contribution >= 4 is 0 Å². The molecule has 1 saturated carbocycles. The number of aryl methyl sites for hydroxylation is 1. The van der Waals surface area contributed by atoms with E-state index in [-0.39, 0.29) is 0 Å². The standard InChI is InChI=1S/C14H22N2O/c1-10-6-8-17-14(10)13-11(5-7-16(13)2)9-15-12-3-4-12/h6,8,11-13,15H,3-5,7,9H2,1-2H3. The average molecular weight is 234 g/mol. The van der Waals surface area contributed by atoms with Gasteiger partial charge in [-0.05, 0) is 57.3 Å². The molecule has 0 amide bonds. The molecule has 2 unspecified atom stereocenters. The van der Waals surface area contributed by atoms with Crippen molar-refractivity contribution in [2.75, 3.05) is 20.1 Å². The lowest BCUT2D eigenvalue weighted by atomic mass is 9.96. The number of likely N-dealkylation sites (tertiary alicyclic amines) is 1. The summed E-state index contributed by atoms with van der Waals surface area (Å²) in [6.07, 6.45) is 5.84. The second-order valence-corrected chi connectivity index (χ2v) is 5.62. The van der Waals surface area contributed by atoms with Gasteiger partial charge in [-0.3, -0.25) is 4.90 Å². The van der Waals surface area contributed by atoms with Crippen molar-refractivity contribution in [2.24, 2.45) is 5.92 Å². The van der Waals surface area contributed by atoms with Crippen LogP contribution in [0.3, 0.4) is 0 Å². The average Bonchev–Trinajstić information content (AvgIpc) is 2.95. The third-order valence-corrected chi connectivity index (χ3v) is 4.19. The molecule has 3 heteroatoms. The van der Waals surface area contributed by atoms with Crippen molar-refractivity contribution in [3.05, 3.63) is 23.7 Å². The van der Waals surface area contributed by atoms with Crippen LogP contribution in [-0.2, 0) is 0 Å². The Bertz CT molecular complexity index is 383. The smallest absolute Gasteiger partial charge is 0.124 e. The number of nitrogens with one attached hydrogen (secondary N) is 1. The highest BCUT2D eigenvalue weighted by Crippen LogP contribution is 2.37. The van der Waals surface area contributed by atoms with Crippen molar-refractivity contribution in [1.82, 2.24) is 10.2 Å². The van der Waals surface area contributed by atoms with E-state index in [1.807, 2.05) is 6.26 Å². The van der Waals surface area contributed by atoms with Gasteiger partial charge in [0, 0.05) is 12.6 Å². The molecule has 17 heavy (non-hydrogen) atoms. The molecule has 1 aromatic heterocycles. The van der Waals surface area contributed by atoms with Crippen LogP contribution in [0.25, 0.3) is 0 Å². The number of rotatable bonds is 4. The van der Waals surface area contributed by atoms with Crippen LogP contribution in [0, 0.1) is 12.8 Å². The molecule has 0 bridgehead atoms. The third kappa shape index (κ3) is 2.26. The summed E-state index contributed by atoms with van der Waals surface area (Å²) in [5.41, 5.74) is 1.29. The van der Waals surface area contributed by atoms with Gasteiger partial charge in [0.15, 0.2) is 0 Å². The van der Waals surface area contributed by atoms with Crippen LogP contribution in [0.1, 0.15) is 36.6 Å². The predicted octanol–water partition coefficient (Wildman–Crippen LogP) is 2.33. The quantitative estimate of drug-likeness (QED) is 0.866. The number of furan rings is 1. The second kappa shape index (κ2) is 4.46. The highest BCUT2D eigenvalue weighted by molar-refractivity contribution is 5.20. The number of nitrogens with zero attached hydrogens (tertiary/aromatic N) is 1. The Morgan fingerprint density at radius 2 is 2.24 bits per heavy atom. The highest BCUT2D eigenvalue weighted by atomic mass is 16.3. The van der Waals surface area contributed by atoms with Gasteiger partial charge < -0.3 is 9.73 Å². The molecule has 1 aliphatic carbocycles. The molecule has 1 aromatic rings. The Labute approximate surface area is 103 Å². The summed E-state index contributed by atoms with van der Waals surface area (Å²) in [6, 6.07) is 3.35. The minimum atomic E-state index is 0.469. The largest absolute Gasteiger partial charge is 0.467 e. The third-order valence-electron chi connectivity index (χ3n) is 4.19. The fourth-order valence-electron chi connectivity index (χ4n) is 2.95. The SMILES string of the molecule is Cc1ccoc1C1C(CNC2CC2)CCN1C. The molecule has 1 saturated heterocycles. The van der Waals surface area contributed by atoms with Crippen LogP contribution in [0.15, 0.2) is 16.7 Å². The van der Waals surface area contributed by atoms with E-state index in [2.05, 4.69) is 30.3 Å². The van der Waals surface area contributed by atoms with Gasteiger partial charge in [0.2, 0.25) is 0 Å². The van der Waals surface area contributed by atoms with Crippen molar-refractivity contribution in [3.63, 3.8) is 0 Å². The molecular formula is C14H22N2O. The summed E-state index contributed by atoms with van der Waals surface area (Å²) in [7, 11) is 2.21. The molecule has 94 valence electrons. The first-order chi connectivity index (χ1) is 8.25. The molecule has 3 nitrogen and oxygen atoms in total. The van der Waals surface area contributed by atoms with Crippen molar-refractivity contribution in [2.45, 2.75) is 38.3 Å². The first-order valence-electron chi connectivity index (χ1n) is 6.73. The molecule has 2 aliphatic rings. The topological polar surface area (TPSA) is 28.4 Å². The lowest BCUT2D eigenvalue weighted by molar-refractivity contribution is 0.233. The lowest BCUT2D eigenvalue weighted by Crippen LogP contribution is -2.29. The molecule has 2 atom stereocenters. The molecule has 1 aliphatic heterocycles. The zero-order valence-corrected chi connectivity index (χ0v) is 10.8. The lowest BCUT2D eigenvalue weighted by Gasteiger charge is -2.24. The summed E-state index contributed by atoms with van der Waals surface area (Å²) in [5.74, 6) is 1.87. The van der Waals surface area contributed by atoms with E-state index in [4.69, 9.17) is 4.42 Å². The van der Waals surface area contributed by atoms with Gasteiger partial charge in [0.25, 0.3) is 0 Å². The van der Waals surface area contributed by atoms with Gasteiger partial charge in [-0.25, -0.2) is 0 Å². The van der Waals surface area contributed by atoms with Crippen LogP contribution in [0.2, 0.25) is 0 Å². The summed E-state index contributed by atoms with van der Waals surface area (Å²) in [6.45, 7) is 4.47. The van der Waals surface area contributed by atoms with E-state index in [0.717, 1.165) is 12.6 Å². The van der Waals surface area contributed by atoms with Gasteiger partial charge in [-0.2, -0.15) is 0 Å². The summed E-state index contributed by atoms with van der Waals surface area (Å²) >= 11 is 0.